The molecule has 4 rings (SSSR count). The highest BCUT2D eigenvalue weighted by Gasteiger charge is 2.27. The number of nitrogens with zero attached hydrogens (tertiary/aromatic N) is 4. The van der Waals surface area contributed by atoms with Crippen LogP contribution in [0, 0.1) is 6.92 Å². The molecule has 0 unspecified atom stereocenters. The van der Waals surface area contributed by atoms with Crippen molar-refractivity contribution in [3.63, 3.8) is 0 Å². The number of amides is 1. The molecule has 4 aromatic rings. The van der Waals surface area contributed by atoms with Crippen LogP contribution < -0.4 is 14.8 Å². The van der Waals surface area contributed by atoms with E-state index in [-0.39, 0.29) is 5.56 Å². The van der Waals surface area contributed by atoms with E-state index in [0.717, 1.165) is 5.01 Å². The molecule has 0 atom stereocenters. The number of thiazole rings is 1. The Kier molecular flexibility index (Phi) is 6.06. The maximum atomic E-state index is 13.2. The second-order valence-electron chi connectivity index (χ2n) is 6.72. The first-order valence-electron chi connectivity index (χ1n) is 9.40. The molecule has 9 nitrogen and oxygen atoms in total. The van der Waals surface area contributed by atoms with Gasteiger partial charge in [0.05, 0.1) is 38.7 Å². The lowest BCUT2D eigenvalue weighted by atomic mass is 10.1. The number of ether oxygens (including phenoxy) is 2. The smallest absolute Gasteiger partial charge is 0.296 e. The van der Waals surface area contributed by atoms with Gasteiger partial charge < -0.3 is 19.4 Å². The first-order valence-corrected chi connectivity index (χ1v) is 10.6. The monoisotopic (exact) mass is 471 g/mol. The predicted octanol–water partition coefficient (Wildman–Crippen LogP) is 3.74. The van der Waals surface area contributed by atoms with E-state index in [2.05, 4.69) is 20.3 Å². The number of carbonyl (C=O) groups is 2. The van der Waals surface area contributed by atoms with E-state index in [1.165, 1.54) is 37.8 Å². The summed E-state index contributed by atoms with van der Waals surface area (Å²) in [4.78, 5) is 38.8. The molecule has 32 heavy (non-hydrogen) atoms. The zero-order valence-electron chi connectivity index (χ0n) is 17.4. The van der Waals surface area contributed by atoms with Crippen LogP contribution in [0.25, 0.3) is 11.0 Å². The van der Waals surface area contributed by atoms with Crippen LogP contribution in [0.2, 0.25) is 4.34 Å². The molecule has 0 spiro atoms. The van der Waals surface area contributed by atoms with Gasteiger partial charge in [0, 0.05) is 29.0 Å². The van der Waals surface area contributed by atoms with Gasteiger partial charge in [-0.1, -0.05) is 11.6 Å². The van der Waals surface area contributed by atoms with Gasteiger partial charge >= 0.3 is 0 Å². The number of rotatable bonds is 7. The van der Waals surface area contributed by atoms with Gasteiger partial charge in [-0.25, -0.2) is 15.0 Å². The average molecular weight is 472 g/mol. The molecule has 4 aromatic heterocycles. The first kappa shape index (κ1) is 21.7. The Labute approximate surface area is 192 Å². The first-order chi connectivity index (χ1) is 15.4. The van der Waals surface area contributed by atoms with Crippen molar-refractivity contribution in [2.75, 3.05) is 19.5 Å². The van der Waals surface area contributed by atoms with Crippen molar-refractivity contribution in [3.8, 4) is 11.6 Å². The largest absolute Gasteiger partial charge is 0.495 e. The summed E-state index contributed by atoms with van der Waals surface area (Å²) in [6, 6.07) is 4.79. The van der Waals surface area contributed by atoms with Crippen LogP contribution in [0.3, 0.4) is 0 Å². The molecule has 0 aliphatic heterocycles. The van der Waals surface area contributed by atoms with Gasteiger partial charge in [0.1, 0.15) is 20.7 Å². The topological polar surface area (TPSA) is 108 Å². The number of nitrogens with one attached hydrogen (secondary N) is 1. The van der Waals surface area contributed by atoms with Gasteiger partial charge in [-0.3, -0.25) is 9.59 Å². The number of anilines is 1. The number of pyridine rings is 2. The molecular weight excluding hydrogens is 454 g/mol. The van der Waals surface area contributed by atoms with Crippen LogP contribution in [0.1, 0.15) is 21.1 Å². The van der Waals surface area contributed by atoms with Crippen LogP contribution in [0.5, 0.6) is 11.6 Å². The molecule has 0 aliphatic rings. The van der Waals surface area contributed by atoms with Crippen molar-refractivity contribution < 1.29 is 19.1 Å². The summed E-state index contributed by atoms with van der Waals surface area (Å²) in [5.74, 6) is -0.700. The van der Waals surface area contributed by atoms with Crippen molar-refractivity contribution in [2.45, 2.75) is 13.5 Å². The number of ketones is 1. The summed E-state index contributed by atoms with van der Waals surface area (Å²) in [7, 11) is 2.97. The van der Waals surface area contributed by atoms with Crippen LogP contribution in [0.4, 0.5) is 5.69 Å². The lowest BCUT2D eigenvalue weighted by molar-refractivity contribution is -0.112. The summed E-state index contributed by atoms with van der Waals surface area (Å²) < 4.78 is 12.7. The molecule has 0 saturated carbocycles. The van der Waals surface area contributed by atoms with Gasteiger partial charge in [-0.2, -0.15) is 0 Å². The van der Waals surface area contributed by atoms with E-state index in [1.54, 1.807) is 31.5 Å². The van der Waals surface area contributed by atoms with Crippen molar-refractivity contribution >= 4 is 51.3 Å². The summed E-state index contributed by atoms with van der Waals surface area (Å²) in [5.41, 5.74) is 1.76. The standard InChI is InChI=1S/C21H18ClN5O4S/c1-11-18(19(28)21(29)26-12-4-5-23-16(6-12)31-3)14-7-13(30-2)8-25-20(14)27(11)10-17-24-9-15(22)32-17/h4-9H,10H2,1-3H3,(H,23,26,29). The summed E-state index contributed by atoms with van der Waals surface area (Å²) in [6.07, 6.45) is 4.61. The van der Waals surface area contributed by atoms with Gasteiger partial charge in [-0.05, 0) is 19.1 Å². The number of aromatic nitrogens is 4. The van der Waals surface area contributed by atoms with E-state index in [0.29, 0.717) is 44.9 Å². The molecule has 0 radical (unpaired) electrons. The molecule has 0 saturated heterocycles. The number of methoxy groups -OCH3 is 2. The second kappa shape index (κ2) is 8.93. The third kappa shape index (κ3) is 4.14. The van der Waals surface area contributed by atoms with Gasteiger partial charge in [-0.15, -0.1) is 11.3 Å². The maximum Gasteiger partial charge on any atom is 0.296 e. The highest BCUT2D eigenvalue weighted by Crippen LogP contribution is 2.30. The highest BCUT2D eigenvalue weighted by molar-refractivity contribution is 7.15. The third-order valence-corrected chi connectivity index (χ3v) is 5.92. The fourth-order valence-corrected chi connectivity index (χ4v) is 4.26. The average Bonchev–Trinajstić information content (AvgIpc) is 3.33. The van der Waals surface area contributed by atoms with Gasteiger partial charge in [0.2, 0.25) is 5.88 Å². The lowest BCUT2D eigenvalue weighted by Crippen LogP contribution is -2.23. The molecule has 0 bridgehead atoms. The third-order valence-electron chi connectivity index (χ3n) is 4.82. The Balaban J connectivity index is 1.75. The zero-order chi connectivity index (χ0) is 22.8. The predicted molar refractivity (Wildman–Crippen MR) is 121 cm³/mol. The quantitative estimate of drug-likeness (QED) is 0.323. The van der Waals surface area contributed by atoms with Crippen LogP contribution in [-0.2, 0) is 11.3 Å². The molecule has 11 heteroatoms. The van der Waals surface area contributed by atoms with Gasteiger partial charge in [0.15, 0.2) is 0 Å². The summed E-state index contributed by atoms with van der Waals surface area (Å²) in [5, 5.41) is 3.86. The van der Waals surface area contributed by atoms with E-state index in [1.807, 2.05) is 4.57 Å². The minimum atomic E-state index is -0.791. The minimum Gasteiger partial charge on any atom is -0.495 e. The molecule has 1 amide bonds. The van der Waals surface area contributed by atoms with E-state index in [9.17, 15) is 9.59 Å². The Bertz CT molecular complexity index is 1330. The summed E-state index contributed by atoms with van der Waals surface area (Å²) in [6.45, 7) is 2.12. The molecule has 0 aliphatic carbocycles. The second-order valence-corrected chi connectivity index (χ2v) is 8.47. The number of halogens is 1. The Morgan fingerprint density at radius 1 is 1.16 bits per heavy atom. The molecule has 0 aromatic carbocycles. The van der Waals surface area contributed by atoms with Crippen molar-refractivity contribution in [3.05, 3.63) is 57.4 Å². The van der Waals surface area contributed by atoms with Crippen LogP contribution >= 0.6 is 22.9 Å². The van der Waals surface area contributed by atoms with Gasteiger partial charge in [0.25, 0.3) is 11.7 Å². The fourth-order valence-electron chi connectivity index (χ4n) is 3.31. The number of hydrogen-bond donors (Lipinski definition) is 1. The maximum absolute atomic E-state index is 13.2. The minimum absolute atomic E-state index is 0.243. The molecule has 1 N–H and O–H groups in total. The number of carbonyl (C=O) groups excluding carboxylic acids is 2. The SMILES string of the molecule is COc1cnc2c(c1)c(C(=O)C(=O)Nc1ccnc(OC)c1)c(C)n2Cc1ncc(Cl)s1. The number of fused-ring (bicyclic) bond motifs is 1. The van der Waals surface area contributed by atoms with Crippen LogP contribution in [0.15, 0.2) is 36.8 Å². The summed E-state index contributed by atoms with van der Waals surface area (Å²) >= 11 is 7.35. The molecule has 4 heterocycles. The van der Waals surface area contributed by atoms with E-state index < -0.39 is 11.7 Å². The molecule has 0 fully saturated rings. The van der Waals surface area contributed by atoms with Crippen molar-refractivity contribution in [1.82, 2.24) is 19.5 Å². The molecular formula is C21H18ClN5O4S. The lowest BCUT2D eigenvalue weighted by Gasteiger charge is -2.07. The fraction of sp³-hybridized carbons (Fsp3) is 0.190. The van der Waals surface area contributed by atoms with Crippen molar-refractivity contribution in [2.24, 2.45) is 0 Å². The normalized spacial score (nSPS) is 10.9. The van der Waals surface area contributed by atoms with E-state index >= 15 is 0 Å². The van der Waals surface area contributed by atoms with Crippen molar-refractivity contribution in [1.29, 1.82) is 0 Å². The highest BCUT2D eigenvalue weighted by atomic mass is 35.5. The number of hydrogen-bond acceptors (Lipinski definition) is 8. The van der Waals surface area contributed by atoms with Crippen LogP contribution in [-0.4, -0.2) is 45.4 Å². The molecule has 164 valence electrons. The number of Topliss-reactive ketones (excluding diaryl/α,β-unsaturated/α-hetero) is 1. The van der Waals surface area contributed by atoms with E-state index in [4.69, 9.17) is 21.1 Å². The Hall–Kier alpha value is -3.50. The Morgan fingerprint density at radius 2 is 1.97 bits per heavy atom. The zero-order valence-corrected chi connectivity index (χ0v) is 19.0. The Morgan fingerprint density at radius 3 is 2.66 bits per heavy atom.